The molecule has 0 heterocycles. The molecule has 0 aliphatic heterocycles. The molecule has 8 rings (SSSR count). The second-order valence-corrected chi connectivity index (χ2v) is 20.9. The van der Waals surface area contributed by atoms with Crippen LogP contribution in [0.1, 0.15) is 0 Å². The third kappa shape index (κ3) is 6.65. The Morgan fingerprint density at radius 3 is 0.849 bits per heavy atom. The summed E-state index contributed by atoms with van der Waals surface area (Å²) in [4.78, 5) is 8.21. The van der Waals surface area contributed by atoms with Gasteiger partial charge in [-0.05, 0) is 0 Å². The van der Waals surface area contributed by atoms with Gasteiger partial charge in [0, 0.05) is 0 Å². The summed E-state index contributed by atoms with van der Waals surface area (Å²) < 4.78 is 5.53. The first-order valence-electron chi connectivity index (χ1n) is 17.8. The summed E-state index contributed by atoms with van der Waals surface area (Å²) >= 11 is -3.42. The fourth-order valence-electron chi connectivity index (χ4n) is 7.40. The molecule has 0 unspecified atom stereocenters. The predicted molar refractivity (Wildman–Crippen MR) is 226 cm³/mol. The van der Waals surface area contributed by atoms with E-state index in [0.717, 1.165) is 34.1 Å². The van der Waals surface area contributed by atoms with Crippen molar-refractivity contribution in [2.24, 2.45) is 0 Å². The number of anilines is 6. The molecule has 0 radical (unpaired) electrons. The summed E-state index contributed by atoms with van der Waals surface area (Å²) in [5.41, 5.74) is 6.94. The molecule has 0 aliphatic carbocycles. The van der Waals surface area contributed by atoms with E-state index < -0.39 is 13.3 Å². The first-order chi connectivity index (χ1) is 26.3. The quantitative estimate of drug-likeness (QED) is 0.102. The summed E-state index contributed by atoms with van der Waals surface area (Å²) in [5, 5.41) is 0. The number of nitrogens with zero attached hydrogens (tertiary/aromatic N) is 3. The van der Waals surface area contributed by atoms with Gasteiger partial charge in [0.2, 0.25) is 0 Å². The fourth-order valence-corrected chi connectivity index (χ4v) is 17.4. The monoisotopic (exact) mass is 741 g/mol. The third-order valence-electron chi connectivity index (χ3n) is 9.81. The number of hydrogen-bond acceptors (Lipinski definition) is 2. The molecule has 8 aromatic rings. The zero-order chi connectivity index (χ0) is 35.9. The number of rotatable bonds is 10. The van der Waals surface area contributed by atoms with Crippen LogP contribution in [0, 0.1) is 6.57 Å². The van der Waals surface area contributed by atoms with E-state index in [9.17, 15) is 0 Å². The summed E-state index contributed by atoms with van der Waals surface area (Å²) in [6, 6.07) is 80.0. The molecule has 0 spiro atoms. The molecular formula is C49H37GeN3. The van der Waals surface area contributed by atoms with E-state index in [1.165, 1.54) is 17.6 Å². The van der Waals surface area contributed by atoms with E-state index in [1.807, 2.05) is 36.4 Å². The van der Waals surface area contributed by atoms with Crippen LogP contribution < -0.4 is 27.4 Å². The minimum atomic E-state index is -3.42. The molecule has 252 valence electrons. The van der Waals surface area contributed by atoms with Crippen LogP contribution in [-0.2, 0) is 0 Å². The van der Waals surface area contributed by atoms with Crippen LogP contribution in [0.15, 0.2) is 224 Å². The Morgan fingerprint density at radius 1 is 0.283 bits per heavy atom. The number of para-hydroxylation sites is 2. The topological polar surface area (TPSA) is 10.8 Å². The van der Waals surface area contributed by atoms with Crippen molar-refractivity contribution in [3.05, 3.63) is 236 Å². The Labute approximate surface area is 314 Å². The minimum absolute atomic E-state index is 0.618. The Hall–Kier alpha value is -6.61. The standard InChI is InChI=1S/C49H37GeN3/c1-51-43-29-33-47(34-30-43)53(49-37-35-48(36-38-49)52(44-23-13-5-14-24-44)45-25-15-6-16-26-45)46-31-27-42(28-32-46)50(39-17-7-2-8-18-39,40-19-9-3-10-20-40)41-21-11-4-12-22-41/h2-38H. The summed E-state index contributed by atoms with van der Waals surface area (Å²) in [5.74, 6) is 0. The van der Waals surface area contributed by atoms with Crippen molar-refractivity contribution >= 4 is 70.7 Å². The SMILES string of the molecule is [C-]#[N+]c1ccc(N(c2ccc(N(c3ccccc3)c3ccccc3)cc2)c2cc[c]([Ge]([c]3ccccc3)([c]3ccccc3)[c]3ccccc3)cc2)cc1. The van der Waals surface area contributed by atoms with E-state index in [1.54, 1.807) is 0 Å². The van der Waals surface area contributed by atoms with Crippen LogP contribution in [0.5, 0.6) is 0 Å². The third-order valence-corrected chi connectivity index (χ3v) is 19.9. The van der Waals surface area contributed by atoms with Gasteiger partial charge >= 0.3 is 280 Å². The first-order valence-corrected chi connectivity index (χ1v) is 22.0. The van der Waals surface area contributed by atoms with Crippen LogP contribution in [0.2, 0.25) is 0 Å². The molecule has 3 nitrogen and oxygen atoms in total. The van der Waals surface area contributed by atoms with E-state index in [4.69, 9.17) is 6.57 Å². The van der Waals surface area contributed by atoms with Crippen molar-refractivity contribution in [1.82, 2.24) is 0 Å². The second kappa shape index (κ2) is 15.3. The van der Waals surface area contributed by atoms with E-state index in [-0.39, 0.29) is 0 Å². The van der Waals surface area contributed by atoms with Crippen molar-refractivity contribution < 1.29 is 0 Å². The van der Waals surface area contributed by atoms with Crippen LogP contribution in [0.4, 0.5) is 39.8 Å². The molecule has 53 heavy (non-hydrogen) atoms. The van der Waals surface area contributed by atoms with Crippen molar-refractivity contribution in [2.75, 3.05) is 9.80 Å². The molecular weight excluding hydrogens is 703 g/mol. The van der Waals surface area contributed by atoms with Gasteiger partial charge in [0.25, 0.3) is 0 Å². The maximum absolute atomic E-state index is 7.56. The molecule has 4 heteroatoms. The fraction of sp³-hybridized carbons (Fsp3) is 0. The van der Waals surface area contributed by atoms with Gasteiger partial charge in [-0.1, -0.05) is 36.4 Å². The van der Waals surface area contributed by atoms with Gasteiger partial charge in [-0.25, -0.2) is 0 Å². The maximum atomic E-state index is 7.56. The van der Waals surface area contributed by atoms with Gasteiger partial charge in [0.1, 0.15) is 0 Å². The zero-order valence-electron chi connectivity index (χ0n) is 29.2. The number of benzene rings is 8. The molecule has 0 fully saturated rings. The van der Waals surface area contributed by atoms with Gasteiger partial charge in [-0.15, -0.1) is 0 Å². The molecule has 0 saturated carbocycles. The molecule has 8 aromatic carbocycles. The Kier molecular flexibility index (Phi) is 9.70. The summed E-state index contributed by atoms with van der Waals surface area (Å²) in [6.45, 7) is 7.56. The van der Waals surface area contributed by atoms with Crippen molar-refractivity contribution in [2.45, 2.75) is 0 Å². The molecule has 0 bridgehead atoms. The average Bonchev–Trinajstić information content (AvgIpc) is 3.25. The van der Waals surface area contributed by atoms with Crippen LogP contribution in [-0.4, -0.2) is 13.3 Å². The zero-order valence-corrected chi connectivity index (χ0v) is 31.3. The van der Waals surface area contributed by atoms with Gasteiger partial charge in [-0.3, -0.25) is 0 Å². The first kappa shape index (κ1) is 33.5. The molecule has 0 atom stereocenters. The summed E-state index contributed by atoms with van der Waals surface area (Å²) in [6.07, 6.45) is 0. The molecule has 0 aromatic heterocycles. The van der Waals surface area contributed by atoms with E-state index >= 15 is 0 Å². The molecule has 0 aliphatic rings. The molecule has 0 N–H and O–H groups in total. The average molecular weight is 740 g/mol. The Morgan fingerprint density at radius 2 is 0.528 bits per heavy atom. The van der Waals surface area contributed by atoms with E-state index in [0.29, 0.717) is 5.69 Å². The van der Waals surface area contributed by atoms with Crippen LogP contribution >= 0.6 is 0 Å². The van der Waals surface area contributed by atoms with Crippen LogP contribution in [0.3, 0.4) is 0 Å². The van der Waals surface area contributed by atoms with Gasteiger partial charge in [-0.2, -0.15) is 0 Å². The molecule has 0 saturated heterocycles. The van der Waals surface area contributed by atoms with Gasteiger partial charge < -0.3 is 0 Å². The van der Waals surface area contributed by atoms with Crippen molar-refractivity contribution in [3.8, 4) is 0 Å². The Balaban J connectivity index is 1.25. The second-order valence-electron chi connectivity index (χ2n) is 12.9. The van der Waals surface area contributed by atoms with E-state index in [2.05, 4.69) is 203 Å². The predicted octanol–water partition coefficient (Wildman–Crippen LogP) is 10.6. The van der Waals surface area contributed by atoms with Gasteiger partial charge in [0.15, 0.2) is 0 Å². The van der Waals surface area contributed by atoms with Crippen LogP contribution in [0.25, 0.3) is 4.85 Å². The van der Waals surface area contributed by atoms with Crippen molar-refractivity contribution in [1.29, 1.82) is 0 Å². The summed E-state index contributed by atoms with van der Waals surface area (Å²) in [7, 11) is 0. The van der Waals surface area contributed by atoms with Crippen molar-refractivity contribution in [3.63, 3.8) is 0 Å². The Bertz CT molecular complexity index is 2280. The number of hydrogen-bond donors (Lipinski definition) is 0. The molecule has 0 amide bonds. The normalized spacial score (nSPS) is 11.0. The van der Waals surface area contributed by atoms with Gasteiger partial charge in [0.05, 0.1) is 0 Å².